The Morgan fingerprint density at radius 2 is 2.20 bits per heavy atom. The average Bonchev–Trinajstić information content (AvgIpc) is 3.08. The minimum Gasteiger partial charge on any atom is -0.454 e. The van der Waals surface area contributed by atoms with Gasteiger partial charge in [0.15, 0.2) is 11.5 Å². The van der Waals surface area contributed by atoms with Crippen LogP contribution in [0.5, 0.6) is 11.5 Å². The summed E-state index contributed by atoms with van der Waals surface area (Å²) in [6.45, 7) is 2.35. The molecule has 2 aliphatic rings. The molecule has 0 unspecified atom stereocenters. The first-order valence-corrected chi connectivity index (χ1v) is 6.92. The molecule has 5 nitrogen and oxygen atoms in total. The van der Waals surface area contributed by atoms with E-state index in [9.17, 15) is 4.79 Å². The third kappa shape index (κ3) is 2.88. The van der Waals surface area contributed by atoms with E-state index in [1.807, 2.05) is 25.2 Å². The SMILES string of the molecule is CN(Cc1ccc2c(c1)OCO2)C(=O)C[C@@H]1CCOC1. The number of hydrogen-bond acceptors (Lipinski definition) is 4. The molecule has 1 aromatic carbocycles. The molecule has 1 atom stereocenters. The zero-order valence-corrected chi connectivity index (χ0v) is 11.6. The van der Waals surface area contributed by atoms with Crippen molar-refractivity contribution < 1.29 is 19.0 Å². The van der Waals surface area contributed by atoms with Crippen molar-refractivity contribution in [2.45, 2.75) is 19.4 Å². The van der Waals surface area contributed by atoms with Gasteiger partial charge in [-0.25, -0.2) is 0 Å². The first-order valence-electron chi connectivity index (χ1n) is 6.92. The van der Waals surface area contributed by atoms with Gasteiger partial charge in [-0.2, -0.15) is 0 Å². The zero-order valence-electron chi connectivity index (χ0n) is 11.6. The molecule has 20 heavy (non-hydrogen) atoms. The predicted molar refractivity (Wildman–Crippen MR) is 72.6 cm³/mol. The maximum atomic E-state index is 12.2. The topological polar surface area (TPSA) is 48.0 Å². The molecule has 3 rings (SSSR count). The highest BCUT2D eigenvalue weighted by atomic mass is 16.7. The number of nitrogens with zero attached hydrogens (tertiary/aromatic N) is 1. The second-order valence-electron chi connectivity index (χ2n) is 5.37. The maximum Gasteiger partial charge on any atom is 0.231 e. The van der Waals surface area contributed by atoms with Crippen molar-refractivity contribution in [1.82, 2.24) is 4.90 Å². The summed E-state index contributed by atoms with van der Waals surface area (Å²) < 4.78 is 15.9. The Balaban J connectivity index is 1.57. The van der Waals surface area contributed by atoms with Crippen LogP contribution in [0, 0.1) is 5.92 Å². The molecular formula is C15H19NO4. The molecule has 0 spiro atoms. The van der Waals surface area contributed by atoms with Crippen LogP contribution in [0.25, 0.3) is 0 Å². The molecule has 0 radical (unpaired) electrons. The van der Waals surface area contributed by atoms with E-state index in [4.69, 9.17) is 14.2 Å². The fourth-order valence-electron chi connectivity index (χ4n) is 2.55. The average molecular weight is 277 g/mol. The van der Waals surface area contributed by atoms with E-state index in [2.05, 4.69) is 0 Å². The standard InChI is InChI=1S/C15H19NO4/c1-16(15(17)7-12-4-5-18-9-12)8-11-2-3-13-14(6-11)20-10-19-13/h2-3,6,12H,4-5,7-10H2,1H3/t12-/m0/s1. The minimum absolute atomic E-state index is 0.165. The number of amides is 1. The van der Waals surface area contributed by atoms with Crippen LogP contribution in [0.4, 0.5) is 0 Å². The van der Waals surface area contributed by atoms with Crippen molar-refractivity contribution in [3.05, 3.63) is 23.8 Å². The molecule has 0 aromatic heterocycles. The van der Waals surface area contributed by atoms with Gasteiger partial charge in [-0.05, 0) is 30.0 Å². The number of carbonyl (C=O) groups is 1. The highest BCUT2D eigenvalue weighted by Crippen LogP contribution is 2.32. The van der Waals surface area contributed by atoms with E-state index >= 15 is 0 Å². The van der Waals surface area contributed by atoms with Gasteiger partial charge in [0.2, 0.25) is 12.7 Å². The summed E-state index contributed by atoms with van der Waals surface area (Å²) in [6.07, 6.45) is 1.56. The first kappa shape index (κ1) is 13.2. The van der Waals surface area contributed by atoms with Crippen molar-refractivity contribution in [3.63, 3.8) is 0 Å². The van der Waals surface area contributed by atoms with Gasteiger partial charge in [0, 0.05) is 33.2 Å². The molecule has 0 aliphatic carbocycles. The van der Waals surface area contributed by atoms with Crippen molar-refractivity contribution in [2.24, 2.45) is 5.92 Å². The summed E-state index contributed by atoms with van der Waals surface area (Å²) >= 11 is 0. The minimum atomic E-state index is 0.165. The van der Waals surface area contributed by atoms with Gasteiger partial charge in [-0.1, -0.05) is 6.07 Å². The molecule has 1 fully saturated rings. The molecule has 2 heterocycles. The highest BCUT2D eigenvalue weighted by Gasteiger charge is 2.21. The zero-order chi connectivity index (χ0) is 13.9. The van der Waals surface area contributed by atoms with Gasteiger partial charge in [-0.15, -0.1) is 0 Å². The Bertz CT molecular complexity index is 497. The number of benzene rings is 1. The summed E-state index contributed by atoms with van der Waals surface area (Å²) in [6, 6.07) is 5.79. The normalized spacial score (nSPS) is 20.1. The Hall–Kier alpha value is -1.75. The highest BCUT2D eigenvalue weighted by molar-refractivity contribution is 5.76. The Labute approximate surface area is 118 Å². The molecule has 1 saturated heterocycles. The molecule has 0 N–H and O–H groups in total. The van der Waals surface area contributed by atoms with Crippen LogP contribution in [-0.4, -0.2) is 37.9 Å². The van der Waals surface area contributed by atoms with Crippen LogP contribution < -0.4 is 9.47 Å². The third-order valence-electron chi connectivity index (χ3n) is 3.77. The summed E-state index contributed by atoms with van der Waals surface area (Å²) in [5.41, 5.74) is 1.05. The van der Waals surface area contributed by atoms with Gasteiger partial charge in [0.05, 0.1) is 0 Å². The molecule has 0 bridgehead atoms. The first-order chi connectivity index (χ1) is 9.72. The van der Waals surface area contributed by atoms with Crippen molar-refractivity contribution in [2.75, 3.05) is 27.1 Å². The number of rotatable bonds is 4. The van der Waals surface area contributed by atoms with E-state index in [1.54, 1.807) is 4.90 Å². The fourth-order valence-corrected chi connectivity index (χ4v) is 2.55. The van der Waals surface area contributed by atoms with E-state index in [-0.39, 0.29) is 12.7 Å². The van der Waals surface area contributed by atoms with Gasteiger partial charge in [0.1, 0.15) is 0 Å². The molecule has 108 valence electrons. The van der Waals surface area contributed by atoms with E-state index in [0.29, 0.717) is 25.5 Å². The predicted octanol–water partition coefficient (Wildman–Crippen LogP) is 1.80. The number of fused-ring (bicyclic) bond motifs is 1. The summed E-state index contributed by atoms with van der Waals surface area (Å²) in [7, 11) is 1.84. The third-order valence-corrected chi connectivity index (χ3v) is 3.77. The maximum absolute atomic E-state index is 12.2. The van der Waals surface area contributed by atoms with Crippen LogP contribution in [0.15, 0.2) is 18.2 Å². The van der Waals surface area contributed by atoms with Gasteiger partial charge < -0.3 is 19.1 Å². The number of hydrogen-bond donors (Lipinski definition) is 0. The van der Waals surface area contributed by atoms with Gasteiger partial charge >= 0.3 is 0 Å². The second-order valence-corrected chi connectivity index (χ2v) is 5.37. The lowest BCUT2D eigenvalue weighted by Crippen LogP contribution is -2.28. The van der Waals surface area contributed by atoms with Crippen LogP contribution in [0.1, 0.15) is 18.4 Å². The van der Waals surface area contributed by atoms with Crippen molar-refractivity contribution in [3.8, 4) is 11.5 Å². The van der Waals surface area contributed by atoms with Crippen LogP contribution >= 0.6 is 0 Å². The van der Waals surface area contributed by atoms with Crippen LogP contribution in [-0.2, 0) is 16.1 Å². The summed E-state index contributed by atoms with van der Waals surface area (Å²) in [5, 5.41) is 0. The van der Waals surface area contributed by atoms with Crippen molar-refractivity contribution in [1.29, 1.82) is 0 Å². The quantitative estimate of drug-likeness (QED) is 0.842. The lowest BCUT2D eigenvalue weighted by Gasteiger charge is -2.19. The smallest absolute Gasteiger partial charge is 0.231 e. The molecule has 5 heteroatoms. The van der Waals surface area contributed by atoms with Gasteiger partial charge in [-0.3, -0.25) is 4.79 Å². The van der Waals surface area contributed by atoms with E-state index in [1.165, 1.54) is 0 Å². The summed E-state index contributed by atoms with van der Waals surface area (Å²) in [4.78, 5) is 13.9. The summed E-state index contributed by atoms with van der Waals surface area (Å²) in [5.74, 6) is 2.07. The van der Waals surface area contributed by atoms with Crippen molar-refractivity contribution >= 4 is 5.91 Å². The largest absolute Gasteiger partial charge is 0.454 e. The molecular weight excluding hydrogens is 258 g/mol. The Morgan fingerprint density at radius 3 is 3.00 bits per heavy atom. The lowest BCUT2D eigenvalue weighted by molar-refractivity contribution is -0.131. The molecule has 1 amide bonds. The monoisotopic (exact) mass is 277 g/mol. The lowest BCUT2D eigenvalue weighted by atomic mass is 10.0. The second kappa shape index (κ2) is 5.71. The Kier molecular flexibility index (Phi) is 3.78. The molecule has 0 saturated carbocycles. The number of ether oxygens (including phenoxy) is 3. The number of carbonyl (C=O) groups excluding carboxylic acids is 1. The van der Waals surface area contributed by atoms with E-state index in [0.717, 1.165) is 30.1 Å². The van der Waals surface area contributed by atoms with Gasteiger partial charge in [0.25, 0.3) is 0 Å². The fraction of sp³-hybridized carbons (Fsp3) is 0.533. The molecule has 1 aromatic rings. The van der Waals surface area contributed by atoms with Crippen LogP contribution in [0.3, 0.4) is 0 Å². The molecule has 2 aliphatic heterocycles. The van der Waals surface area contributed by atoms with E-state index < -0.39 is 0 Å². The Morgan fingerprint density at radius 1 is 1.35 bits per heavy atom. The van der Waals surface area contributed by atoms with Crippen LogP contribution in [0.2, 0.25) is 0 Å².